The zero-order valence-corrected chi connectivity index (χ0v) is 12.2. The Morgan fingerprint density at radius 1 is 1.14 bits per heavy atom. The van der Waals surface area contributed by atoms with Gasteiger partial charge in [-0.2, -0.15) is 0 Å². The summed E-state index contributed by atoms with van der Waals surface area (Å²) in [6.07, 6.45) is 1.07. The summed E-state index contributed by atoms with van der Waals surface area (Å²) in [6, 6.07) is 16.1. The van der Waals surface area contributed by atoms with Gasteiger partial charge in [0.1, 0.15) is 0 Å². The molecule has 2 N–H and O–H groups in total. The number of hydrogen-bond acceptors (Lipinski definition) is 2. The van der Waals surface area contributed by atoms with E-state index in [1.54, 1.807) is 0 Å². The van der Waals surface area contributed by atoms with E-state index >= 15 is 0 Å². The zero-order chi connectivity index (χ0) is 14.7. The first kappa shape index (κ1) is 13.7. The number of rotatable bonds is 5. The van der Waals surface area contributed by atoms with Crippen LogP contribution in [0.3, 0.4) is 0 Å². The van der Waals surface area contributed by atoms with E-state index in [2.05, 4.69) is 41.8 Å². The molecular formula is C18H20N2O. The van der Waals surface area contributed by atoms with E-state index in [4.69, 9.17) is 0 Å². The molecule has 108 valence electrons. The second-order valence-corrected chi connectivity index (χ2v) is 5.42. The van der Waals surface area contributed by atoms with E-state index < -0.39 is 0 Å². The van der Waals surface area contributed by atoms with Gasteiger partial charge in [0.15, 0.2) is 0 Å². The first-order valence-corrected chi connectivity index (χ1v) is 7.48. The van der Waals surface area contributed by atoms with Gasteiger partial charge in [0.25, 0.3) is 5.91 Å². The van der Waals surface area contributed by atoms with E-state index in [0.717, 1.165) is 18.7 Å². The van der Waals surface area contributed by atoms with Crippen LogP contribution in [0.2, 0.25) is 0 Å². The summed E-state index contributed by atoms with van der Waals surface area (Å²) in [7, 11) is 0. The lowest BCUT2D eigenvalue weighted by Crippen LogP contribution is -2.33. The molecule has 0 fully saturated rings. The monoisotopic (exact) mass is 280 g/mol. The third kappa shape index (κ3) is 2.92. The average molecular weight is 280 g/mol. The largest absolute Gasteiger partial charge is 0.385 e. The minimum atomic E-state index is 0.00225. The molecule has 0 spiro atoms. The van der Waals surface area contributed by atoms with E-state index in [-0.39, 0.29) is 5.91 Å². The molecule has 3 rings (SSSR count). The predicted octanol–water partition coefficient (Wildman–Crippen LogP) is 3.19. The van der Waals surface area contributed by atoms with E-state index in [1.165, 1.54) is 11.1 Å². The number of benzene rings is 2. The molecule has 1 unspecified atom stereocenters. The Bertz CT molecular complexity index is 634. The second-order valence-electron chi connectivity index (χ2n) is 5.42. The van der Waals surface area contributed by atoms with Crippen molar-refractivity contribution in [2.45, 2.75) is 19.3 Å². The molecule has 1 aliphatic carbocycles. The van der Waals surface area contributed by atoms with Crippen molar-refractivity contribution in [1.29, 1.82) is 0 Å². The van der Waals surface area contributed by atoms with Crippen molar-refractivity contribution in [2.24, 2.45) is 0 Å². The Balaban J connectivity index is 1.55. The lowest BCUT2D eigenvalue weighted by molar-refractivity contribution is 0.0950. The number of nitrogens with one attached hydrogen (secondary N) is 2. The van der Waals surface area contributed by atoms with Gasteiger partial charge in [-0.25, -0.2) is 0 Å². The molecule has 0 saturated heterocycles. The van der Waals surface area contributed by atoms with E-state index in [9.17, 15) is 4.79 Å². The van der Waals surface area contributed by atoms with Gasteiger partial charge >= 0.3 is 0 Å². The lowest BCUT2D eigenvalue weighted by Gasteiger charge is -2.30. The number of hydrogen-bond donors (Lipinski definition) is 2. The van der Waals surface area contributed by atoms with Crippen molar-refractivity contribution in [2.75, 3.05) is 18.4 Å². The summed E-state index contributed by atoms with van der Waals surface area (Å²) in [5.41, 5.74) is 4.54. The van der Waals surface area contributed by atoms with Crippen LogP contribution in [-0.4, -0.2) is 19.0 Å². The summed E-state index contributed by atoms with van der Waals surface area (Å²) in [6.45, 7) is 3.65. The Labute approximate surface area is 125 Å². The highest BCUT2D eigenvalue weighted by molar-refractivity contribution is 5.94. The third-order valence-electron chi connectivity index (χ3n) is 4.00. The molecule has 3 heteroatoms. The third-order valence-corrected chi connectivity index (χ3v) is 4.00. The topological polar surface area (TPSA) is 41.1 Å². The first-order chi connectivity index (χ1) is 10.3. The van der Waals surface area contributed by atoms with Gasteiger partial charge in [-0.05, 0) is 48.7 Å². The van der Waals surface area contributed by atoms with Gasteiger partial charge in [-0.1, -0.05) is 24.3 Å². The molecule has 0 aliphatic heterocycles. The summed E-state index contributed by atoms with van der Waals surface area (Å²) in [5, 5.41) is 6.26. The number of anilines is 1. The smallest absolute Gasteiger partial charge is 0.251 e. The highest BCUT2D eigenvalue weighted by Crippen LogP contribution is 2.34. The van der Waals surface area contributed by atoms with Crippen molar-refractivity contribution < 1.29 is 4.79 Å². The molecule has 21 heavy (non-hydrogen) atoms. The number of carbonyl (C=O) groups is 1. The molecule has 0 radical (unpaired) electrons. The van der Waals surface area contributed by atoms with Crippen LogP contribution < -0.4 is 10.6 Å². The minimum Gasteiger partial charge on any atom is -0.385 e. The van der Waals surface area contributed by atoms with Crippen LogP contribution in [0.25, 0.3) is 0 Å². The molecule has 1 aliphatic rings. The summed E-state index contributed by atoms with van der Waals surface area (Å²) in [5.74, 6) is 0.466. The molecule has 2 aromatic carbocycles. The maximum absolute atomic E-state index is 12.1. The highest BCUT2D eigenvalue weighted by Gasteiger charge is 2.25. The van der Waals surface area contributed by atoms with Crippen molar-refractivity contribution in [3.05, 3.63) is 65.2 Å². The molecule has 1 atom stereocenters. The Morgan fingerprint density at radius 3 is 2.62 bits per heavy atom. The van der Waals surface area contributed by atoms with E-state index in [1.807, 2.05) is 24.3 Å². The summed E-state index contributed by atoms with van der Waals surface area (Å²) >= 11 is 0. The van der Waals surface area contributed by atoms with Gasteiger partial charge < -0.3 is 10.6 Å². The van der Waals surface area contributed by atoms with Crippen LogP contribution in [0.1, 0.15) is 34.3 Å². The fourth-order valence-corrected chi connectivity index (χ4v) is 2.81. The highest BCUT2D eigenvalue weighted by atomic mass is 16.1. The Hall–Kier alpha value is -2.29. The average Bonchev–Trinajstić information content (AvgIpc) is 2.49. The zero-order valence-electron chi connectivity index (χ0n) is 12.2. The molecule has 2 aromatic rings. The Kier molecular flexibility index (Phi) is 3.91. The van der Waals surface area contributed by atoms with E-state index in [0.29, 0.717) is 18.0 Å². The van der Waals surface area contributed by atoms with Gasteiger partial charge in [-0.3, -0.25) is 4.79 Å². The second kappa shape index (κ2) is 6.00. The van der Waals surface area contributed by atoms with Crippen molar-refractivity contribution in [3.8, 4) is 0 Å². The summed E-state index contributed by atoms with van der Waals surface area (Å²) < 4.78 is 0. The standard InChI is InChI=1S/C18H20N2O/c1-2-19-16-9-7-13(8-10-16)18(21)20-12-15-11-14-5-3-4-6-17(14)15/h3-10,15,19H,2,11-12H2,1H3,(H,20,21). The lowest BCUT2D eigenvalue weighted by atomic mass is 9.77. The van der Waals surface area contributed by atoms with Crippen molar-refractivity contribution in [3.63, 3.8) is 0 Å². The minimum absolute atomic E-state index is 0.00225. The fourth-order valence-electron chi connectivity index (χ4n) is 2.81. The van der Waals surface area contributed by atoms with Crippen LogP contribution in [0.5, 0.6) is 0 Å². The molecule has 1 amide bonds. The maximum Gasteiger partial charge on any atom is 0.251 e. The summed E-state index contributed by atoms with van der Waals surface area (Å²) in [4.78, 5) is 12.1. The number of carbonyl (C=O) groups excluding carboxylic acids is 1. The van der Waals surface area contributed by atoms with Crippen LogP contribution in [0, 0.1) is 0 Å². The van der Waals surface area contributed by atoms with Crippen molar-refractivity contribution in [1.82, 2.24) is 5.32 Å². The Morgan fingerprint density at radius 2 is 1.90 bits per heavy atom. The van der Waals surface area contributed by atoms with Gasteiger partial charge in [0.05, 0.1) is 0 Å². The number of amides is 1. The van der Waals surface area contributed by atoms with Crippen LogP contribution in [0.4, 0.5) is 5.69 Å². The predicted molar refractivity (Wildman–Crippen MR) is 85.8 cm³/mol. The molecule has 0 bridgehead atoms. The first-order valence-electron chi connectivity index (χ1n) is 7.48. The maximum atomic E-state index is 12.1. The molecule has 3 nitrogen and oxygen atoms in total. The van der Waals surface area contributed by atoms with Crippen LogP contribution in [-0.2, 0) is 6.42 Å². The van der Waals surface area contributed by atoms with Crippen LogP contribution >= 0.6 is 0 Å². The van der Waals surface area contributed by atoms with Gasteiger partial charge in [-0.15, -0.1) is 0 Å². The molecule has 0 heterocycles. The number of fused-ring (bicyclic) bond motifs is 1. The SMILES string of the molecule is CCNc1ccc(C(=O)NCC2Cc3ccccc32)cc1. The van der Waals surface area contributed by atoms with Crippen molar-refractivity contribution >= 4 is 11.6 Å². The quantitative estimate of drug-likeness (QED) is 0.883. The van der Waals surface area contributed by atoms with Gasteiger partial charge in [0.2, 0.25) is 0 Å². The molecule has 0 aromatic heterocycles. The normalized spacial score (nSPS) is 15.8. The molecule has 0 saturated carbocycles. The molecular weight excluding hydrogens is 260 g/mol. The fraction of sp³-hybridized carbons (Fsp3) is 0.278. The van der Waals surface area contributed by atoms with Crippen LogP contribution in [0.15, 0.2) is 48.5 Å². The van der Waals surface area contributed by atoms with Gasteiger partial charge in [0, 0.05) is 30.3 Å².